The van der Waals surface area contributed by atoms with E-state index in [1.54, 1.807) is 12.1 Å². The van der Waals surface area contributed by atoms with Crippen molar-refractivity contribution < 1.29 is 13.9 Å². The van der Waals surface area contributed by atoms with E-state index < -0.39 is 0 Å². The number of carbonyl (C=O) groups is 1. The smallest absolute Gasteiger partial charge is 0.226 e. The Morgan fingerprint density at radius 1 is 1.17 bits per heavy atom. The van der Waals surface area contributed by atoms with E-state index in [9.17, 15) is 9.18 Å². The highest BCUT2D eigenvalue weighted by atomic mass is 19.1. The van der Waals surface area contributed by atoms with Crippen LogP contribution in [-0.2, 0) is 4.79 Å². The molecule has 130 valence electrons. The maximum atomic E-state index is 12.9. The molecule has 1 amide bonds. The van der Waals surface area contributed by atoms with Crippen molar-refractivity contribution in [1.29, 1.82) is 0 Å². The van der Waals surface area contributed by atoms with E-state index in [0.29, 0.717) is 17.1 Å². The molecule has 0 aromatic heterocycles. The zero-order valence-corrected chi connectivity index (χ0v) is 14.0. The van der Waals surface area contributed by atoms with E-state index in [0.717, 1.165) is 58.3 Å². The zero-order valence-electron chi connectivity index (χ0n) is 14.0. The quantitative estimate of drug-likeness (QED) is 0.925. The van der Waals surface area contributed by atoms with E-state index in [4.69, 9.17) is 4.74 Å². The molecule has 24 heavy (non-hydrogen) atoms. The Labute approximate surface area is 142 Å². The number of rotatable bonds is 3. The minimum absolute atomic E-state index is 0.117. The number of halogens is 1. The molecule has 0 bridgehead atoms. The molecule has 1 N–H and O–H groups in total. The Bertz CT molecular complexity index is 590. The first-order chi connectivity index (χ1) is 11.7. The molecule has 2 aliphatic heterocycles. The van der Waals surface area contributed by atoms with Crippen molar-refractivity contribution in [3.05, 3.63) is 30.1 Å². The van der Waals surface area contributed by atoms with Gasteiger partial charge in [0, 0.05) is 31.8 Å². The third-order valence-corrected chi connectivity index (χ3v) is 5.96. The lowest BCUT2D eigenvalue weighted by Gasteiger charge is -2.33. The van der Waals surface area contributed by atoms with Crippen LogP contribution in [-0.4, -0.2) is 43.1 Å². The molecule has 1 aromatic rings. The standard InChI is InChI=1S/C19H25FN2O2/c20-14-1-3-15(4-2-14)24-16-5-11-22(12-6-16)18(23)17-13-19(17)7-9-21-10-8-19/h1-4,16-17,21H,5-13H2/t17-/m0/s1. The summed E-state index contributed by atoms with van der Waals surface area (Å²) in [4.78, 5) is 14.8. The lowest BCUT2D eigenvalue weighted by Crippen LogP contribution is -2.43. The van der Waals surface area contributed by atoms with E-state index in [-0.39, 0.29) is 17.8 Å². The molecule has 5 heteroatoms. The number of ether oxygens (including phenoxy) is 1. The van der Waals surface area contributed by atoms with Crippen LogP contribution in [0.2, 0.25) is 0 Å². The first kappa shape index (κ1) is 15.9. The van der Waals surface area contributed by atoms with Crippen molar-refractivity contribution in [2.45, 2.75) is 38.2 Å². The number of nitrogens with zero attached hydrogens (tertiary/aromatic N) is 1. The molecule has 0 radical (unpaired) electrons. The highest BCUT2D eigenvalue weighted by molar-refractivity contribution is 5.82. The molecule has 1 atom stereocenters. The Hall–Kier alpha value is -1.62. The van der Waals surface area contributed by atoms with Gasteiger partial charge in [0.2, 0.25) is 5.91 Å². The summed E-state index contributed by atoms with van der Waals surface area (Å²) < 4.78 is 18.8. The van der Waals surface area contributed by atoms with Gasteiger partial charge in [-0.25, -0.2) is 4.39 Å². The van der Waals surface area contributed by atoms with Crippen molar-refractivity contribution in [3.63, 3.8) is 0 Å². The summed E-state index contributed by atoms with van der Waals surface area (Å²) in [6.07, 6.45) is 5.20. The molecule has 1 spiro atoms. The summed E-state index contributed by atoms with van der Waals surface area (Å²) in [5.74, 6) is 1.07. The minimum Gasteiger partial charge on any atom is -0.490 e. The fourth-order valence-electron chi connectivity index (χ4n) is 4.29. The third kappa shape index (κ3) is 3.14. The number of hydrogen-bond acceptors (Lipinski definition) is 3. The van der Waals surface area contributed by atoms with Crippen LogP contribution in [0.25, 0.3) is 0 Å². The summed E-state index contributed by atoms with van der Waals surface area (Å²) in [7, 11) is 0. The van der Waals surface area contributed by atoms with Gasteiger partial charge in [-0.2, -0.15) is 0 Å². The van der Waals surface area contributed by atoms with Gasteiger partial charge in [0.1, 0.15) is 17.7 Å². The van der Waals surface area contributed by atoms with Crippen LogP contribution < -0.4 is 10.1 Å². The molecule has 0 unspecified atom stereocenters. The Morgan fingerprint density at radius 2 is 1.83 bits per heavy atom. The molecule has 3 aliphatic rings. The van der Waals surface area contributed by atoms with Crippen LogP contribution in [0.3, 0.4) is 0 Å². The lowest BCUT2D eigenvalue weighted by molar-refractivity contribution is -0.135. The van der Waals surface area contributed by atoms with Crippen molar-refractivity contribution in [1.82, 2.24) is 10.2 Å². The predicted molar refractivity (Wildman–Crippen MR) is 89.3 cm³/mol. The van der Waals surface area contributed by atoms with Crippen molar-refractivity contribution in [2.75, 3.05) is 26.2 Å². The minimum atomic E-state index is -0.251. The third-order valence-electron chi connectivity index (χ3n) is 5.96. The fraction of sp³-hybridized carbons (Fsp3) is 0.632. The maximum Gasteiger partial charge on any atom is 0.226 e. The number of likely N-dealkylation sites (tertiary alicyclic amines) is 1. The molecule has 1 saturated carbocycles. The summed E-state index contributed by atoms with van der Waals surface area (Å²) >= 11 is 0. The van der Waals surface area contributed by atoms with Crippen molar-refractivity contribution >= 4 is 5.91 Å². The summed E-state index contributed by atoms with van der Waals surface area (Å²) in [6.45, 7) is 3.65. The Kier molecular flexibility index (Phi) is 4.21. The second-order valence-corrected chi connectivity index (χ2v) is 7.47. The molecule has 4 nitrogen and oxygen atoms in total. The molecule has 1 aliphatic carbocycles. The van der Waals surface area contributed by atoms with Crippen molar-refractivity contribution in [3.8, 4) is 5.75 Å². The maximum absolute atomic E-state index is 12.9. The van der Waals surface area contributed by atoms with Gasteiger partial charge in [0.25, 0.3) is 0 Å². The second kappa shape index (κ2) is 6.36. The number of piperidine rings is 2. The molecular formula is C19H25FN2O2. The first-order valence-corrected chi connectivity index (χ1v) is 9.08. The van der Waals surface area contributed by atoms with Gasteiger partial charge in [-0.1, -0.05) is 0 Å². The van der Waals surface area contributed by atoms with E-state index in [1.165, 1.54) is 12.1 Å². The van der Waals surface area contributed by atoms with Gasteiger partial charge < -0.3 is 15.0 Å². The van der Waals surface area contributed by atoms with Gasteiger partial charge in [-0.15, -0.1) is 0 Å². The van der Waals surface area contributed by atoms with Crippen LogP contribution in [0.15, 0.2) is 24.3 Å². The molecule has 3 fully saturated rings. The molecule has 2 saturated heterocycles. The normalized spacial score (nSPS) is 26.4. The number of carbonyl (C=O) groups excluding carboxylic acids is 1. The lowest BCUT2D eigenvalue weighted by atomic mass is 9.91. The number of nitrogens with one attached hydrogen (secondary N) is 1. The number of benzene rings is 1. The number of hydrogen-bond donors (Lipinski definition) is 1. The fourth-order valence-corrected chi connectivity index (χ4v) is 4.29. The van der Waals surface area contributed by atoms with Crippen LogP contribution in [0.4, 0.5) is 4.39 Å². The van der Waals surface area contributed by atoms with Crippen LogP contribution in [0.1, 0.15) is 32.1 Å². The van der Waals surface area contributed by atoms with Crippen LogP contribution in [0, 0.1) is 17.2 Å². The average molecular weight is 332 g/mol. The van der Waals surface area contributed by atoms with Crippen LogP contribution >= 0.6 is 0 Å². The monoisotopic (exact) mass is 332 g/mol. The summed E-state index contributed by atoms with van der Waals surface area (Å²) in [6, 6.07) is 6.16. The van der Waals surface area contributed by atoms with Gasteiger partial charge in [0.15, 0.2) is 0 Å². The predicted octanol–water partition coefficient (Wildman–Crippen LogP) is 2.59. The van der Waals surface area contributed by atoms with E-state index in [2.05, 4.69) is 5.32 Å². The van der Waals surface area contributed by atoms with E-state index in [1.807, 2.05) is 4.90 Å². The second-order valence-electron chi connectivity index (χ2n) is 7.47. The Balaban J connectivity index is 1.27. The highest BCUT2D eigenvalue weighted by Gasteiger charge is 2.58. The zero-order chi connectivity index (χ0) is 16.6. The molecule has 1 aromatic carbocycles. The first-order valence-electron chi connectivity index (χ1n) is 9.08. The topological polar surface area (TPSA) is 41.6 Å². The summed E-state index contributed by atoms with van der Waals surface area (Å²) in [5, 5.41) is 3.39. The van der Waals surface area contributed by atoms with Gasteiger partial charge >= 0.3 is 0 Å². The average Bonchev–Trinajstić information content (AvgIpc) is 3.30. The summed E-state index contributed by atoms with van der Waals surface area (Å²) in [5.41, 5.74) is 0.309. The molecular weight excluding hydrogens is 307 g/mol. The van der Waals surface area contributed by atoms with Gasteiger partial charge in [-0.3, -0.25) is 4.79 Å². The molecule has 2 heterocycles. The number of amides is 1. The van der Waals surface area contributed by atoms with E-state index >= 15 is 0 Å². The van der Waals surface area contributed by atoms with Gasteiger partial charge in [0.05, 0.1) is 0 Å². The van der Waals surface area contributed by atoms with Crippen molar-refractivity contribution in [2.24, 2.45) is 11.3 Å². The SMILES string of the molecule is O=C([C@@H]1CC12CCNCC2)N1CCC(Oc2ccc(F)cc2)CC1. The largest absolute Gasteiger partial charge is 0.490 e. The highest BCUT2D eigenvalue weighted by Crippen LogP contribution is 2.59. The molecule has 4 rings (SSSR count). The van der Waals surface area contributed by atoms with Gasteiger partial charge in [-0.05, 0) is 62.0 Å². The van der Waals surface area contributed by atoms with Crippen LogP contribution in [0.5, 0.6) is 5.75 Å². The Morgan fingerprint density at radius 3 is 2.50 bits per heavy atom.